The van der Waals surface area contributed by atoms with Gasteiger partial charge in [-0.1, -0.05) is 28.8 Å². The van der Waals surface area contributed by atoms with Crippen LogP contribution in [0.2, 0.25) is 5.02 Å². The summed E-state index contributed by atoms with van der Waals surface area (Å²) < 4.78 is 11.3. The minimum atomic E-state index is -0.228. The predicted octanol–water partition coefficient (Wildman–Crippen LogP) is 6.01. The number of allylic oxidation sites excluding steroid dienone is 3. The van der Waals surface area contributed by atoms with Gasteiger partial charge in [0.1, 0.15) is 17.9 Å². The molecule has 2 aromatic rings. The van der Waals surface area contributed by atoms with Crippen molar-refractivity contribution in [3.05, 3.63) is 62.0 Å². The number of fused-ring (bicyclic) bond motifs is 3. The van der Waals surface area contributed by atoms with Crippen LogP contribution in [0.1, 0.15) is 51.2 Å². The molecule has 4 heteroatoms. The maximum atomic E-state index is 12.1. The molecular weight excluding hydrogens is 348 g/mol. The zero-order chi connectivity index (χ0) is 18.7. The maximum Gasteiger partial charge on any atom is 0.339 e. The van der Waals surface area contributed by atoms with E-state index in [9.17, 15) is 4.79 Å². The molecule has 0 unspecified atom stereocenters. The molecular formula is C22H25ClO3. The standard InChI is InChI=1S/C22H25ClO3/c1-14(2)6-4-7-15(3)10-11-25-21-13-20-18(12-19(21)23)16-8-5-9-17(16)22(24)26-20/h6,10,12-13H,4-5,7-9,11H2,1-3H3. The van der Waals surface area contributed by atoms with Crippen molar-refractivity contribution in [2.45, 2.75) is 52.9 Å². The molecule has 3 rings (SSSR count). The molecule has 26 heavy (non-hydrogen) atoms. The van der Waals surface area contributed by atoms with E-state index >= 15 is 0 Å². The summed E-state index contributed by atoms with van der Waals surface area (Å²) in [5.41, 5.74) is 4.83. The van der Waals surface area contributed by atoms with Gasteiger partial charge in [0.2, 0.25) is 0 Å². The second-order valence-electron chi connectivity index (χ2n) is 7.16. The van der Waals surface area contributed by atoms with Crippen LogP contribution in [0, 0.1) is 0 Å². The van der Waals surface area contributed by atoms with Crippen molar-refractivity contribution in [2.75, 3.05) is 6.61 Å². The number of halogens is 1. The summed E-state index contributed by atoms with van der Waals surface area (Å²) in [7, 11) is 0. The quantitative estimate of drug-likeness (QED) is 0.460. The Morgan fingerprint density at radius 3 is 2.73 bits per heavy atom. The highest BCUT2D eigenvalue weighted by Gasteiger charge is 2.20. The van der Waals surface area contributed by atoms with Gasteiger partial charge in [-0.2, -0.15) is 0 Å². The molecule has 1 aliphatic rings. The number of rotatable bonds is 6. The molecule has 0 bridgehead atoms. The Kier molecular flexibility index (Phi) is 5.87. The van der Waals surface area contributed by atoms with Gasteiger partial charge in [0.15, 0.2) is 0 Å². The van der Waals surface area contributed by atoms with Gasteiger partial charge >= 0.3 is 5.63 Å². The lowest BCUT2D eigenvalue weighted by atomic mass is 10.1. The van der Waals surface area contributed by atoms with E-state index in [1.807, 2.05) is 6.07 Å². The van der Waals surface area contributed by atoms with Crippen LogP contribution >= 0.6 is 11.6 Å². The lowest BCUT2D eigenvalue weighted by Crippen LogP contribution is -2.07. The molecule has 0 N–H and O–H groups in total. The fraction of sp³-hybridized carbons (Fsp3) is 0.409. The third kappa shape index (κ3) is 4.21. The van der Waals surface area contributed by atoms with Crippen molar-refractivity contribution in [3.63, 3.8) is 0 Å². The van der Waals surface area contributed by atoms with Crippen molar-refractivity contribution in [1.29, 1.82) is 0 Å². The van der Waals surface area contributed by atoms with Crippen molar-refractivity contribution < 1.29 is 9.15 Å². The molecule has 1 aliphatic carbocycles. The molecule has 3 nitrogen and oxygen atoms in total. The minimum Gasteiger partial charge on any atom is -0.488 e. The Morgan fingerprint density at radius 1 is 1.19 bits per heavy atom. The number of hydrogen-bond donors (Lipinski definition) is 0. The van der Waals surface area contributed by atoms with E-state index in [4.69, 9.17) is 20.8 Å². The van der Waals surface area contributed by atoms with Crippen molar-refractivity contribution in [3.8, 4) is 5.75 Å². The van der Waals surface area contributed by atoms with Gasteiger partial charge in [-0.25, -0.2) is 4.79 Å². The molecule has 1 aromatic carbocycles. The Morgan fingerprint density at radius 2 is 1.96 bits per heavy atom. The average Bonchev–Trinajstić information content (AvgIpc) is 3.06. The molecule has 0 radical (unpaired) electrons. The first-order valence-corrected chi connectivity index (χ1v) is 9.53. The van der Waals surface area contributed by atoms with Crippen molar-refractivity contribution >= 4 is 22.6 Å². The highest BCUT2D eigenvalue weighted by atomic mass is 35.5. The average molecular weight is 373 g/mol. The van der Waals surface area contributed by atoms with Crippen LogP contribution < -0.4 is 10.4 Å². The van der Waals surface area contributed by atoms with Crippen molar-refractivity contribution in [1.82, 2.24) is 0 Å². The first kappa shape index (κ1) is 18.8. The summed E-state index contributed by atoms with van der Waals surface area (Å²) in [6, 6.07) is 3.61. The van der Waals surface area contributed by atoms with E-state index in [1.165, 1.54) is 11.1 Å². The zero-order valence-corrected chi connectivity index (χ0v) is 16.4. The Labute approximate surface area is 159 Å². The van der Waals surface area contributed by atoms with Crippen LogP contribution in [-0.2, 0) is 12.8 Å². The summed E-state index contributed by atoms with van der Waals surface area (Å²) in [4.78, 5) is 12.1. The van der Waals surface area contributed by atoms with Gasteiger partial charge in [0.25, 0.3) is 0 Å². The topological polar surface area (TPSA) is 39.4 Å². The molecule has 0 fully saturated rings. The van der Waals surface area contributed by atoms with E-state index in [-0.39, 0.29) is 5.63 Å². The number of hydrogen-bond acceptors (Lipinski definition) is 3. The summed E-state index contributed by atoms with van der Waals surface area (Å²) in [5.74, 6) is 0.550. The first-order chi connectivity index (χ1) is 12.5. The molecule has 0 atom stereocenters. The number of aryl methyl sites for hydroxylation is 1. The lowest BCUT2D eigenvalue weighted by Gasteiger charge is -2.10. The van der Waals surface area contributed by atoms with E-state index in [2.05, 4.69) is 32.9 Å². The molecule has 138 valence electrons. The van der Waals surface area contributed by atoms with Gasteiger partial charge in [-0.3, -0.25) is 0 Å². The third-order valence-electron chi connectivity index (χ3n) is 4.79. The fourth-order valence-electron chi connectivity index (χ4n) is 3.36. The molecule has 0 amide bonds. The second kappa shape index (κ2) is 8.13. The van der Waals surface area contributed by atoms with Crippen LogP contribution in [0.5, 0.6) is 5.75 Å². The zero-order valence-electron chi connectivity index (χ0n) is 15.7. The normalized spacial score (nSPS) is 13.8. The molecule has 0 spiro atoms. The van der Waals surface area contributed by atoms with E-state index in [1.54, 1.807) is 6.07 Å². The second-order valence-corrected chi connectivity index (χ2v) is 7.57. The lowest BCUT2D eigenvalue weighted by molar-refractivity contribution is 0.361. The molecule has 0 saturated heterocycles. The largest absolute Gasteiger partial charge is 0.488 e. The highest BCUT2D eigenvalue weighted by Crippen LogP contribution is 2.34. The number of benzene rings is 1. The molecule has 1 aromatic heterocycles. The van der Waals surface area contributed by atoms with Gasteiger partial charge in [0, 0.05) is 17.0 Å². The first-order valence-electron chi connectivity index (χ1n) is 9.15. The third-order valence-corrected chi connectivity index (χ3v) is 5.08. The Balaban J connectivity index is 1.75. The smallest absolute Gasteiger partial charge is 0.339 e. The van der Waals surface area contributed by atoms with Gasteiger partial charge in [-0.05, 0) is 70.6 Å². The van der Waals surface area contributed by atoms with Crippen molar-refractivity contribution in [2.24, 2.45) is 0 Å². The van der Waals surface area contributed by atoms with E-state index in [0.29, 0.717) is 23.0 Å². The molecule has 0 aliphatic heterocycles. The summed E-state index contributed by atoms with van der Waals surface area (Å²) in [5, 5.41) is 1.49. The summed E-state index contributed by atoms with van der Waals surface area (Å²) in [6.07, 6.45) is 9.05. The van der Waals surface area contributed by atoms with E-state index < -0.39 is 0 Å². The van der Waals surface area contributed by atoms with Gasteiger partial charge in [0.05, 0.1) is 5.02 Å². The SMILES string of the molecule is CC(C)=CCCC(C)=CCOc1cc2oc(=O)c3c(c2cc1Cl)CCC3. The van der Waals surface area contributed by atoms with Gasteiger partial charge in [-0.15, -0.1) is 0 Å². The van der Waals surface area contributed by atoms with Crippen LogP contribution in [0.3, 0.4) is 0 Å². The minimum absolute atomic E-state index is 0.228. The van der Waals surface area contributed by atoms with Gasteiger partial charge < -0.3 is 9.15 Å². The summed E-state index contributed by atoms with van der Waals surface area (Å²) >= 11 is 6.41. The monoisotopic (exact) mass is 372 g/mol. The summed E-state index contributed by atoms with van der Waals surface area (Å²) in [6.45, 7) is 6.77. The Hall–Kier alpha value is -2.00. The van der Waals surface area contributed by atoms with Crippen LogP contribution in [0.25, 0.3) is 11.0 Å². The molecule has 0 saturated carbocycles. The Bertz CT molecular complexity index is 931. The fourth-order valence-corrected chi connectivity index (χ4v) is 3.58. The predicted molar refractivity (Wildman–Crippen MR) is 107 cm³/mol. The highest BCUT2D eigenvalue weighted by molar-refractivity contribution is 6.32. The maximum absolute atomic E-state index is 12.1. The van der Waals surface area contributed by atoms with E-state index in [0.717, 1.165) is 48.6 Å². The molecule has 1 heterocycles. The van der Waals surface area contributed by atoms with Crippen LogP contribution in [-0.4, -0.2) is 6.61 Å². The number of ether oxygens (including phenoxy) is 1. The van der Waals surface area contributed by atoms with Crippen LogP contribution in [0.15, 0.2) is 44.6 Å². The van der Waals surface area contributed by atoms with Crippen LogP contribution in [0.4, 0.5) is 0 Å².